The molecule has 2 heterocycles. The Hall–Kier alpha value is -3.40. The summed E-state index contributed by atoms with van der Waals surface area (Å²) in [7, 11) is 1.52. The Morgan fingerprint density at radius 1 is 1.19 bits per heavy atom. The molecule has 0 spiro atoms. The topological polar surface area (TPSA) is 94.8 Å². The molecule has 2 aromatic carbocycles. The van der Waals surface area contributed by atoms with Crippen LogP contribution in [-0.4, -0.2) is 28.8 Å². The minimum Gasteiger partial charge on any atom is -0.493 e. The number of amides is 1. The molecule has 36 heavy (non-hydrogen) atoms. The summed E-state index contributed by atoms with van der Waals surface area (Å²) in [4.78, 5) is 31.1. The highest BCUT2D eigenvalue weighted by molar-refractivity contribution is 7.18. The molecule has 0 aliphatic heterocycles. The number of fused-ring (bicyclic) bond motifs is 1. The lowest BCUT2D eigenvalue weighted by Gasteiger charge is -2.13. The fourth-order valence-corrected chi connectivity index (χ4v) is 4.95. The third-order valence-corrected chi connectivity index (χ3v) is 7.32. The fourth-order valence-electron chi connectivity index (χ4n) is 3.46. The van der Waals surface area contributed by atoms with Crippen molar-refractivity contribution in [3.63, 3.8) is 0 Å². The number of hydrazone groups is 1. The number of benzene rings is 2. The Bertz CT molecular complexity index is 1510. The predicted molar refractivity (Wildman–Crippen MR) is 143 cm³/mol. The Kier molecular flexibility index (Phi) is 7.93. The number of methoxy groups -OCH3 is 1. The van der Waals surface area contributed by atoms with Gasteiger partial charge in [-0.05, 0) is 55.3 Å². The molecule has 0 aliphatic carbocycles. The van der Waals surface area contributed by atoms with E-state index in [2.05, 4.69) is 15.5 Å². The van der Waals surface area contributed by atoms with E-state index in [1.54, 1.807) is 36.4 Å². The molecule has 1 amide bonds. The molecule has 0 bridgehead atoms. The van der Waals surface area contributed by atoms with Crippen molar-refractivity contribution in [1.29, 1.82) is 0 Å². The number of ether oxygens (including phenoxy) is 2. The van der Waals surface area contributed by atoms with E-state index in [9.17, 15) is 9.59 Å². The third-order valence-electron chi connectivity index (χ3n) is 5.49. The van der Waals surface area contributed by atoms with E-state index in [1.165, 1.54) is 35.6 Å². The first-order valence-corrected chi connectivity index (χ1v) is 12.4. The number of aryl methyl sites for hydroxylation is 2. The molecule has 0 saturated carbocycles. The lowest BCUT2D eigenvalue weighted by Crippen LogP contribution is -2.30. The Morgan fingerprint density at radius 3 is 2.67 bits per heavy atom. The molecule has 0 aliphatic rings. The third kappa shape index (κ3) is 5.53. The van der Waals surface area contributed by atoms with E-state index < -0.39 is 5.91 Å². The minimum absolute atomic E-state index is 0.169. The van der Waals surface area contributed by atoms with Crippen molar-refractivity contribution in [3.05, 3.63) is 84.7 Å². The molecular formula is C25H22Cl2N4O4S. The maximum absolute atomic E-state index is 12.7. The Morgan fingerprint density at radius 2 is 1.94 bits per heavy atom. The van der Waals surface area contributed by atoms with Crippen molar-refractivity contribution >= 4 is 56.9 Å². The van der Waals surface area contributed by atoms with Crippen LogP contribution >= 0.6 is 34.5 Å². The van der Waals surface area contributed by atoms with Gasteiger partial charge in [-0.25, -0.2) is 10.4 Å². The van der Waals surface area contributed by atoms with Crippen LogP contribution in [0.5, 0.6) is 11.5 Å². The van der Waals surface area contributed by atoms with Crippen LogP contribution in [0.2, 0.25) is 10.0 Å². The second-order valence-corrected chi connectivity index (χ2v) is 9.85. The van der Waals surface area contributed by atoms with Crippen molar-refractivity contribution in [3.8, 4) is 11.5 Å². The van der Waals surface area contributed by atoms with E-state index in [1.807, 2.05) is 13.8 Å². The summed E-state index contributed by atoms with van der Waals surface area (Å²) in [6, 6.07) is 10.4. The quantitative estimate of drug-likeness (QED) is 0.245. The number of nitrogens with zero attached hydrogens (tertiary/aromatic N) is 3. The van der Waals surface area contributed by atoms with Crippen LogP contribution in [0.1, 0.15) is 21.6 Å². The van der Waals surface area contributed by atoms with E-state index in [0.29, 0.717) is 42.9 Å². The summed E-state index contributed by atoms with van der Waals surface area (Å²) >= 11 is 13.9. The molecule has 0 saturated heterocycles. The summed E-state index contributed by atoms with van der Waals surface area (Å²) in [6.45, 7) is 3.79. The van der Waals surface area contributed by atoms with E-state index in [0.717, 1.165) is 10.4 Å². The van der Waals surface area contributed by atoms with Gasteiger partial charge in [0.05, 0.1) is 25.0 Å². The van der Waals surface area contributed by atoms with Gasteiger partial charge in [-0.2, -0.15) is 5.10 Å². The maximum Gasteiger partial charge on any atom is 0.262 e. The summed E-state index contributed by atoms with van der Waals surface area (Å²) in [5.74, 6) is 0.513. The van der Waals surface area contributed by atoms with Crippen LogP contribution in [0, 0.1) is 13.8 Å². The lowest BCUT2D eigenvalue weighted by molar-refractivity contribution is -0.121. The molecule has 11 heteroatoms. The van der Waals surface area contributed by atoms with Gasteiger partial charge >= 0.3 is 0 Å². The van der Waals surface area contributed by atoms with Gasteiger partial charge in [-0.1, -0.05) is 29.3 Å². The Balaban J connectivity index is 1.40. The van der Waals surface area contributed by atoms with Gasteiger partial charge in [0.25, 0.3) is 11.5 Å². The molecular weight excluding hydrogens is 523 g/mol. The zero-order chi connectivity index (χ0) is 25.8. The molecule has 4 rings (SSSR count). The number of hydrogen-bond donors (Lipinski definition) is 1. The standard InChI is InChI=1S/C25H22Cl2N4O4S/c1-14-15(2)36-24-23(14)25(33)31(13-28-24)11-22(32)30-29-10-16-7-8-20(21(9-16)34-3)35-12-17-18(26)5-4-6-19(17)27/h4-10,13H,11-12H2,1-3H3,(H,30,32)/b29-10-. The number of carbonyl (C=O) groups excluding carboxylic acids is 1. The van der Waals surface area contributed by atoms with Crippen LogP contribution in [0.4, 0.5) is 0 Å². The molecule has 186 valence electrons. The minimum atomic E-state index is -0.456. The van der Waals surface area contributed by atoms with Gasteiger partial charge in [0.2, 0.25) is 0 Å². The number of halogens is 2. The summed E-state index contributed by atoms with van der Waals surface area (Å²) in [5, 5.41) is 5.55. The first kappa shape index (κ1) is 25.7. The first-order valence-electron chi connectivity index (χ1n) is 10.8. The van der Waals surface area contributed by atoms with Gasteiger partial charge in [-0.3, -0.25) is 14.2 Å². The number of thiophene rings is 1. The highest BCUT2D eigenvalue weighted by Gasteiger charge is 2.14. The van der Waals surface area contributed by atoms with Crippen molar-refractivity contribution in [2.24, 2.45) is 5.10 Å². The first-order chi connectivity index (χ1) is 17.3. The maximum atomic E-state index is 12.7. The molecule has 0 fully saturated rings. The van der Waals surface area contributed by atoms with Crippen molar-refractivity contribution in [1.82, 2.24) is 15.0 Å². The van der Waals surface area contributed by atoms with E-state index >= 15 is 0 Å². The zero-order valence-corrected chi connectivity index (χ0v) is 22.0. The van der Waals surface area contributed by atoms with Crippen LogP contribution in [0.15, 0.2) is 52.6 Å². The summed E-state index contributed by atoms with van der Waals surface area (Å²) in [6.07, 6.45) is 2.84. The predicted octanol–water partition coefficient (Wildman–Crippen LogP) is 5.12. The van der Waals surface area contributed by atoms with Gasteiger partial charge in [0.1, 0.15) is 18.0 Å². The molecule has 8 nitrogen and oxygen atoms in total. The SMILES string of the molecule is COc1cc(/C=N\NC(=O)Cn2cnc3sc(C)c(C)c3c2=O)ccc1OCc1c(Cl)cccc1Cl. The van der Waals surface area contributed by atoms with Gasteiger partial charge in [0.15, 0.2) is 11.5 Å². The molecule has 1 N–H and O–H groups in total. The molecule has 0 unspecified atom stereocenters. The van der Waals surface area contributed by atoms with Crippen LogP contribution in [-0.2, 0) is 17.9 Å². The van der Waals surface area contributed by atoms with Crippen LogP contribution in [0.25, 0.3) is 10.2 Å². The zero-order valence-electron chi connectivity index (χ0n) is 19.7. The van der Waals surface area contributed by atoms with Gasteiger partial charge in [0, 0.05) is 20.5 Å². The molecule has 0 atom stereocenters. The molecule has 2 aromatic heterocycles. The van der Waals surface area contributed by atoms with Gasteiger partial charge < -0.3 is 9.47 Å². The smallest absolute Gasteiger partial charge is 0.262 e. The number of rotatable bonds is 8. The second-order valence-electron chi connectivity index (χ2n) is 7.83. The second kappa shape index (κ2) is 11.1. The van der Waals surface area contributed by atoms with E-state index in [4.69, 9.17) is 32.7 Å². The van der Waals surface area contributed by atoms with Crippen LogP contribution in [0.3, 0.4) is 0 Å². The Labute approximate surface area is 221 Å². The molecule has 4 aromatic rings. The average Bonchev–Trinajstić information content (AvgIpc) is 3.15. The van der Waals surface area contributed by atoms with Gasteiger partial charge in [-0.15, -0.1) is 11.3 Å². The fraction of sp³-hybridized carbons (Fsp3) is 0.200. The average molecular weight is 545 g/mol. The summed E-state index contributed by atoms with van der Waals surface area (Å²) < 4.78 is 12.5. The monoisotopic (exact) mass is 544 g/mol. The molecule has 0 radical (unpaired) electrons. The number of nitrogens with one attached hydrogen (secondary N) is 1. The largest absolute Gasteiger partial charge is 0.493 e. The number of carbonyl (C=O) groups is 1. The van der Waals surface area contributed by atoms with E-state index in [-0.39, 0.29) is 18.7 Å². The number of hydrogen-bond acceptors (Lipinski definition) is 7. The highest BCUT2D eigenvalue weighted by atomic mass is 35.5. The van der Waals surface area contributed by atoms with Crippen LogP contribution < -0.4 is 20.5 Å². The number of aromatic nitrogens is 2. The van der Waals surface area contributed by atoms with Crippen molar-refractivity contribution < 1.29 is 14.3 Å². The summed E-state index contributed by atoms with van der Waals surface area (Å²) in [5.41, 5.74) is 4.41. The van der Waals surface area contributed by atoms with Crippen molar-refractivity contribution in [2.75, 3.05) is 7.11 Å². The normalized spacial score (nSPS) is 11.2. The lowest BCUT2D eigenvalue weighted by atomic mass is 10.2. The highest BCUT2D eigenvalue weighted by Crippen LogP contribution is 2.31. The van der Waals surface area contributed by atoms with Crippen molar-refractivity contribution in [2.45, 2.75) is 27.0 Å².